The first-order valence-corrected chi connectivity index (χ1v) is 5.82. The van der Waals surface area contributed by atoms with E-state index in [-0.39, 0.29) is 24.1 Å². The molecule has 0 radical (unpaired) electrons. The highest BCUT2D eigenvalue weighted by Gasteiger charge is 2.14. The molecule has 0 fully saturated rings. The number of nitrogens with one attached hydrogen (secondary N) is 1. The summed E-state index contributed by atoms with van der Waals surface area (Å²) in [6.45, 7) is 1.41. The van der Waals surface area contributed by atoms with Gasteiger partial charge in [0.15, 0.2) is 5.78 Å². The number of pyridine rings is 1. The van der Waals surface area contributed by atoms with Gasteiger partial charge in [-0.1, -0.05) is 0 Å². The van der Waals surface area contributed by atoms with Crippen LogP contribution in [0.2, 0.25) is 0 Å². The Hall–Kier alpha value is -2.21. The fourth-order valence-electron chi connectivity index (χ4n) is 1.74. The van der Waals surface area contributed by atoms with Crippen molar-refractivity contribution < 1.29 is 14.0 Å². The Morgan fingerprint density at radius 1 is 1.42 bits per heavy atom. The second kappa shape index (κ2) is 5.19. The van der Waals surface area contributed by atoms with E-state index in [1.807, 2.05) is 0 Å². The van der Waals surface area contributed by atoms with E-state index in [4.69, 9.17) is 5.73 Å². The molecule has 0 bridgehead atoms. The van der Waals surface area contributed by atoms with E-state index in [9.17, 15) is 14.0 Å². The highest BCUT2D eigenvalue weighted by molar-refractivity contribution is 6.05. The molecule has 3 N–H and O–H groups in total. The number of carbonyl (C=O) groups is 2. The van der Waals surface area contributed by atoms with Crippen LogP contribution in [0.5, 0.6) is 0 Å². The fraction of sp³-hybridized carbons (Fsp3) is 0.231. The van der Waals surface area contributed by atoms with Crippen molar-refractivity contribution in [2.75, 3.05) is 6.54 Å². The van der Waals surface area contributed by atoms with E-state index in [2.05, 4.69) is 5.32 Å². The van der Waals surface area contributed by atoms with Crippen LogP contribution in [0.3, 0.4) is 0 Å². The summed E-state index contributed by atoms with van der Waals surface area (Å²) >= 11 is 0. The lowest BCUT2D eigenvalue weighted by Gasteiger charge is -2.06. The topological polar surface area (TPSA) is 76.6 Å². The SMILES string of the molecule is C[C@H](N)C(=O)NCC(=O)c1ccn2cc(F)ccc12. The summed E-state index contributed by atoms with van der Waals surface area (Å²) < 4.78 is 14.5. The average Bonchev–Trinajstić information content (AvgIpc) is 2.78. The summed E-state index contributed by atoms with van der Waals surface area (Å²) in [7, 11) is 0. The predicted octanol–water partition coefficient (Wildman–Crippen LogP) is 0.724. The minimum absolute atomic E-state index is 0.128. The van der Waals surface area contributed by atoms with Gasteiger partial charge in [0.2, 0.25) is 5.91 Å². The molecule has 0 aliphatic carbocycles. The van der Waals surface area contributed by atoms with Crippen molar-refractivity contribution in [3.8, 4) is 0 Å². The molecule has 1 atom stereocenters. The first-order chi connectivity index (χ1) is 8.99. The van der Waals surface area contributed by atoms with Crippen molar-refractivity contribution in [1.29, 1.82) is 0 Å². The molecular formula is C13H14FN3O2. The smallest absolute Gasteiger partial charge is 0.237 e. The number of Topliss-reactive ketones (excluding diaryl/α,β-unsaturated/α-hetero) is 1. The third kappa shape index (κ3) is 2.79. The van der Waals surface area contributed by atoms with Crippen LogP contribution in [0.15, 0.2) is 30.6 Å². The largest absolute Gasteiger partial charge is 0.347 e. The van der Waals surface area contributed by atoms with Crippen LogP contribution in [0.4, 0.5) is 4.39 Å². The molecule has 2 heterocycles. The number of halogens is 1. The number of rotatable bonds is 4. The van der Waals surface area contributed by atoms with Crippen LogP contribution in [-0.4, -0.2) is 28.7 Å². The summed E-state index contributed by atoms with van der Waals surface area (Å²) in [4.78, 5) is 23.3. The van der Waals surface area contributed by atoms with Gasteiger partial charge in [-0.15, -0.1) is 0 Å². The van der Waals surface area contributed by atoms with Crippen molar-refractivity contribution in [2.24, 2.45) is 5.73 Å². The Bertz CT molecular complexity index is 634. The molecule has 0 aliphatic heterocycles. The van der Waals surface area contributed by atoms with Gasteiger partial charge in [-0.2, -0.15) is 0 Å². The van der Waals surface area contributed by atoms with Gasteiger partial charge >= 0.3 is 0 Å². The van der Waals surface area contributed by atoms with Crippen molar-refractivity contribution in [3.63, 3.8) is 0 Å². The van der Waals surface area contributed by atoms with Crippen LogP contribution in [-0.2, 0) is 4.79 Å². The summed E-state index contributed by atoms with van der Waals surface area (Å²) in [5.74, 6) is -1.02. The summed E-state index contributed by atoms with van der Waals surface area (Å²) in [5.41, 5.74) is 6.41. The van der Waals surface area contributed by atoms with Gasteiger partial charge in [0.1, 0.15) is 5.82 Å². The van der Waals surface area contributed by atoms with Gasteiger partial charge in [-0.25, -0.2) is 4.39 Å². The Balaban J connectivity index is 2.16. The van der Waals surface area contributed by atoms with Gasteiger partial charge in [0.25, 0.3) is 0 Å². The Kier molecular flexibility index (Phi) is 3.62. The van der Waals surface area contributed by atoms with Crippen LogP contribution < -0.4 is 11.1 Å². The summed E-state index contributed by atoms with van der Waals surface area (Å²) in [6.07, 6.45) is 2.88. The molecular weight excluding hydrogens is 249 g/mol. The normalized spacial score (nSPS) is 12.4. The average molecular weight is 263 g/mol. The van der Waals surface area contributed by atoms with E-state index in [1.165, 1.54) is 29.7 Å². The van der Waals surface area contributed by atoms with E-state index >= 15 is 0 Å². The molecule has 0 aliphatic rings. The number of carbonyl (C=O) groups excluding carboxylic acids is 2. The molecule has 19 heavy (non-hydrogen) atoms. The highest BCUT2D eigenvalue weighted by atomic mass is 19.1. The first-order valence-electron chi connectivity index (χ1n) is 5.82. The quantitative estimate of drug-likeness (QED) is 0.798. The lowest BCUT2D eigenvalue weighted by molar-refractivity contribution is -0.121. The summed E-state index contributed by atoms with van der Waals surface area (Å²) in [6, 6.07) is 3.74. The maximum absolute atomic E-state index is 13.0. The van der Waals surface area contributed by atoms with Gasteiger partial charge in [0, 0.05) is 18.0 Å². The first kappa shape index (κ1) is 13.2. The number of nitrogens with zero attached hydrogens (tertiary/aromatic N) is 1. The van der Waals surface area contributed by atoms with Crippen LogP contribution in [0.25, 0.3) is 5.52 Å². The van der Waals surface area contributed by atoms with Gasteiger partial charge in [-0.05, 0) is 25.1 Å². The van der Waals surface area contributed by atoms with Gasteiger partial charge < -0.3 is 15.5 Å². The van der Waals surface area contributed by atoms with E-state index in [0.717, 1.165) is 0 Å². The number of nitrogens with two attached hydrogens (primary N) is 1. The number of hydrogen-bond donors (Lipinski definition) is 2. The minimum atomic E-state index is -0.660. The number of aromatic nitrogens is 1. The molecule has 0 saturated heterocycles. The molecule has 1 amide bonds. The fourth-order valence-corrected chi connectivity index (χ4v) is 1.74. The van der Waals surface area contributed by atoms with Crippen molar-refractivity contribution in [2.45, 2.75) is 13.0 Å². The van der Waals surface area contributed by atoms with Crippen molar-refractivity contribution in [1.82, 2.24) is 9.72 Å². The van der Waals surface area contributed by atoms with Crippen LogP contribution >= 0.6 is 0 Å². The standard InChI is InChI=1S/C13H14FN3O2/c1-8(15)13(19)16-6-12(18)10-4-5-17-7-9(14)2-3-11(10)17/h2-5,7-8H,6,15H2,1H3,(H,16,19)/t8-/m0/s1. The zero-order chi connectivity index (χ0) is 14.0. The minimum Gasteiger partial charge on any atom is -0.347 e. The third-order valence-electron chi connectivity index (χ3n) is 2.76. The van der Waals surface area contributed by atoms with E-state index < -0.39 is 6.04 Å². The molecule has 0 saturated carbocycles. The lowest BCUT2D eigenvalue weighted by Crippen LogP contribution is -2.40. The molecule has 2 aromatic heterocycles. The number of fused-ring (bicyclic) bond motifs is 1. The zero-order valence-corrected chi connectivity index (χ0v) is 10.4. The molecule has 2 aromatic rings. The third-order valence-corrected chi connectivity index (χ3v) is 2.76. The second-order valence-electron chi connectivity index (χ2n) is 4.30. The van der Waals surface area contributed by atoms with Gasteiger partial charge in [-0.3, -0.25) is 9.59 Å². The molecule has 5 nitrogen and oxygen atoms in total. The molecule has 0 unspecified atom stereocenters. The predicted molar refractivity (Wildman–Crippen MR) is 68.3 cm³/mol. The Labute approximate surface area is 109 Å². The van der Waals surface area contributed by atoms with Crippen LogP contribution in [0, 0.1) is 5.82 Å². The Morgan fingerprint density at radius 2 is 2.16 bits per heavy atom. The zero-order valence-electron chi connectivity index (χ0n) is 10.4. The molecule has 2 rings (SSSR count). The molecule has 6 heteroatoms. The van der Waals surface area contributed by atoms with Gasteiger partial charge in [0.05, 0.1) is 18.1 Å². The van der Waals surface area contributed by atoms with E-state index in [0.29, 0.717) is 11.1 Å². The number of amides is 1. The number of ketones is 1. The monoisotopic (exact) mass is 263 g/mol. The van der Waals surface area contributed by atoms with Crippen molar-refractivity contribution >= 4 is 17.2 Å². The van der Waals surface area contributed by atoms with Crippen LogP contribution in [0.1, 0.15) is 17.3 Å². The highest BCUT2D eigenvalue weighted by Crippen LogP contribution is 2.14. The van der Waals surface area contributed by atoms with Crippen molar-refractivity contribution in [3.05, 3.63) is 42.0 Å². The number of hydrogen-bond acceptors (Lipinski definition) is 3. The summed E-state index contributed by atoms with van der Waals surface area (Å²) in [5, 5.41) is 2.45. The maximum atomic E-state index is 13.0. The second-order valence-corrected chi connectivity index (χ2v) is 4.30. The maximum Gasteiger partial charge on any atom is 0.237 e. The molecule has 0 aromatic carbocycles. The van der Waals surface area contributed by atoms with E-state index in [1.54, 1.807) is 12.3 Å². The molecule has 0 spiro atoms. The lowest BCUT2D eigenvalue weighted by atomic mass is 10.1. The Morgan fingerprint density at radius 3 is 2.84 bits per heavy atom. The molecule has 100 valence electrons.